The summed E-state index contributed by atoms with van der Waals surface area (Å²) in [7, 11) is 0. The van der Waals surface area contributed by atoms with Gasteiger partial charge < -0.3 is 9.80 Å². The largest absolute Gasteiger partial charge is 0.370 e. The van der Waals surface area contributed by atoms with Crippen LogP contribution in [0.1, 0.15) is 32.3 Å². The molecule has 2 nitrogen and oxygen atoms in total. The Kier molecular flexibility index (Phi) is 3.59. The van der Waals surface area contributed by atoms with Crippen LogP contribution in [0.3, 0.4) is 0 Å². The van der Waals surface area contributed by atoms with Gasteiger partial charge in [0.2, 0.25) is 0 Å². The first-order valence-electron chi connectivity index (χ1n) is 7.83. The standard InChI is InChI=1S/C18H26N2/c1-15(2)19-11-9-18(10-12-19)13-20(14-18)16(3)17-7-5-4-6-8-17/h4-8,15H,3,9-14H2,1-2H3. The molecule has 0 saturated carbocycles. The summed E-state index contributed by atoms with van der Waals surface area (Å²) in [6.07, 6.45) is 2.70. The molecule has 0 N–H and O–H groups in total. The second kappa shape index (κ2) is 5.25. The van der Waals surface area contributed by atoms with Gasteiger partial charge in [-0.3, -0.25) is 0 Å². The molecule has 2 fully saturated rings. The number of benzene rings is 1. The smallest absolute Gasteiger partial charge is 0.0367 e. The number of hydrogen-bond donors (Lipinski definition) is 0. The second-order valence-electron chi connectivity index (χ2n) is 6.80. The van der Waals surface area contributed by atoms with Crippen molar-refractivity contribution in [3.63, 3.8) is 0 Å². The number of piperidine rings is 1. The van der Waals surface area contributed by atoms with Gasteiger partial charge in [-0.25, -0.2) is 0 Å². The summed E-state index contributed by atoms with van der Waals surface area (Å²) >= 11 is 0. The highest BCUT2D eigenvalue weighted by Crippen LogP contribution is 2.43. The zero-order chi connectivity index (χ0) is 14.2. The van der Waals surface area contributed by atoms with Gasteiger partial charge in [0.25, 0.3) is 0 Å². The summed E-state index contributed by atoms with van der Waals surface area (Å²) in [5.41, 5.74) is 3.04. The second-order valence-corrected chi connectivity index (χ2v) is 6.80. The third-order valence-electron chi connectivity index (χ3n) is 5.13. The summed E-state index contributed by atoms with van der Waals surface area (Å²) in [5.74, 6) is 0. The van der Waals surface area contributed by atoms with Crippen molar-refractivity contribution in [2.75, 3.05) is 26.2 Å². The van der Waals surface area contributed by atoms with Crippen molar-refractivity contribution in [2.24, 2.45) is 5.41 Å². The normalized spacial score (nSPS) is 22.1. The maximum atomic E-state index is 4.28. The van der Waals surface area contributed by atoms with E-state index in [1.54, 1.807) is 0 Å². The van der Waals surface area contributed by atoms with Gasteiger partial charge in [-0.05, 0) is 45.3 Å². The molecule has 0 radical (unpaired) electrons. The van der Waals surface area contributed by atoms with Crippen molar-refractivity contribution in [1.82, 2.24) is 9.80 Å². The van der Waals surface area contributed by atoms with Crippen LogP contribution < -0.4 is 0 Å². The highest BCUT2D eigenvalue weighted by Gasteiger charge is 2.45. The zero-order valence-electron chi connectivity index (χ0n) is 12.8. The quantitative estimate of drug-likeness (QED) is 0.830. The first-order chi connectivity index (χ1) is 9.60. The molecule has 0 bridgehead atoms. The van der Waals surface area contributed by atoms with Gasteiger partial charge in [0, 0.05) is 30.2 Å². The van der Waals surface area contributed by atoms with E-state index in [-0.39, 0.29) is 0 Å². The Morgan fingerprint density at radius 1 is 1.10 bits per heavy atom. The van der Waals surface area contributed by atoms with Crippen LogP contribution in [0.25, 0.3) is 5.70 Å². The Labute approximate surface area is 123 Å². The van der Waals surface area contributed by atoms with Crippen LogP contribution in [0, 0.1) is 5.41 Å². The van der Waals surface area contributed by atoms with Crippen LogP contribution in [-0.4, -0.2) is 42.0 Å². The molecule has 0 unspecified atom stereocenters. The first-order valence-corrected chi connectivity index (χ1v) is 7.83. The van der Waals surface area contributed by atoms with Gasteiger partial charge in [-0.15, -0.1) is 0 Å². The molecule has 1 aromatic carbocycles. The summed E-state index contributed by atoms with van der Waals surface area (Å²) in [6.45, 7) is 13.8. The van der Waals surface area contributed by atoms with E-state index in [1.807, 2.05) is 0 Å². The Bertz CT molecular complexity index is 461. The van der Waals surface area contributed by atoms with E-state index >= 15 is 0 Å². The Hall–Kier alpha value is -1.28. The van der Waals surface area contributed by atoms with Gasteiger partial charge in [0.1, 0.15) is 0 Å². The van der Waals surface area contributed by atoms with E-state index in [4.69, 9.17) is 0 Å². The molecule has 108 valence electrons. The van der Waals surface area contributed by atoms with Gasteiger partial charge in [0.15, 0.2) is 0 Å². The van der Waals surface area contributed by atoms with E-state index in [0.29, 0.717) is 11.5 Å². The zero-order valence-corrected chi connectivity index (χ0v) is 12.8. The minimum Gasteiger partial charge on any atom is -0.370 e. The van der Waals surface area contributed by atoms with Crippen molar-refractivity contribution >= 4 is 5.70 Å². The summed E-state index contributed by atoms with van der Waals surface area (Å²) in [6, 6.07) is 11.3. The average molecular weight is 270 g/mol. The first kappa shape index (κ1) is 13.7. The van der Waals surface area contributed by atoms with Gasteiger partial charge in [-0.1, -0.05) is 36.9 Å². The predicted octanol–water partition coefficient (Wildman–Crippen LogP) is 3.46. The molecule has 1 spiro atoms. The predicted molar refractivity (Wildman–Crippen MR) is 85.4 cm³/mol. The van der Waals surface area contributed by atoms with E-state index < -0.39 is 0 Å². The molecule has 2 saturated heterocycles. The SMILES string of the molecule is C=C(c1ccccc1)N1CC2(CCN(C(C)C)CC2)C1. The Morgan fingerprint density at radius 3 is 2.25 bits per heavy atom. The van der Waals surface area contributed by atoms with Crippen LogP contribution in [0.4, 0.5) is 0 Å². The fourth-order valence-electron chi connectivity index (χ4n) is 3.60. The lowest BCUT2D eigenvalue weighted by Crippen LogP contribution is -2.59. The van der Waals surface area contributed by atoms with Crippen LogP contribution >= 0.6 is 0 Å². The maximum absolute atomic E-state index is 4.28. The molecule has 1 aromatic rings. The summed E-state index contributed by atoms with van der Waals surface area (Å²) in [4.78, 5) is 5.07. The van der Waals surface area contributed by atoms with Crippen molar-refractivity contribution in [3.05, 3.63) is 42.5 Å². The van der Waals surface area contributed by atoms with E-state index in [0.717, 1.165) is 0 Å². The van der Waals surface area contributed by atoms with Crippen molar-refractivity contribution in [1.29, 1.82) is 0 Å². The maximum Gasteiger partial charge on any atom is 0.0367 e. The molecule has 2 aliphatic heterocycles. The fraction of sp³-hybridized carbons (Fsp3) is 0.556. The van der Waals surface area contributed by atoms with Crippen molar-refractivity contribution < 1.29 is 0 Å². The number of rotatable bonds is 3. The number of nitrogens with zero attached hydrogens (tertiary/aromatic N) is 2. The van der Waals surface area contributed by atoms with E-state index in [9.17, 15) is 0 Å². The highest BCUT2D eigenvalue weighted by atomic mass is 15.2. The molecule has 2 heteroatoms. The van der Waals surface area contributed by atoms with Gasteiger partial charge in [-0.2, -0.15) is 0 Å². The minimum absolute atomic E-state index is 0.573. The Morgan fingerprint density at radius 2 is 1.70 bits per heavy atom. The average Bonchev–Trinajstić information content (AvgIpc) is 2.45. The van der Waals surface area contributed by atoms with E-state index in [2.05, 4.69) is 60.6 Å². The lowest BCUT2D eigenvalue weighted by molar-refractivity contribution is -0.0196. The molecule has 0 atom stereocenters. The molecule has 3 rings (SSSR count). The molecule has 0 aliphatic carbocycles. The van der Waals surface area contributed by atoms with Crippen LogP contribution in [0.15, 0.2) is 36.9 Å². The third-order valence-corrected chi connectivity index (χ3v) is 5.13. The molecule has 2 heterocycles. The molecule has 0 amide bonds. The van der Waals surface area contributed by atoms with Crippen LogP contribution in [0.2, 0.25) is 0 Å². The molecular weight excluding hydrogens is 244 g/mol. The number of hydrogen-bond acceptors (Lipinski definition) is 2. The lowest BCUT2D eigenvalue weighted by atomic mass is 9.71. The Balaban J connectivity index is 1.56. The summed E-state index contributed by atoms with van der Waals surface area (Å²) in [5, 5.41) is 0. The monoisotopic (exact) mass is 270 g/mol. The highest BCUT2D eigenvalue weighted by molar-refractivity contribution is 5.62. The van der Waals surface area contributed by atoms with Crippen molar-refractivity contribution in [3.8, 4) is 0 Å². The molecule has 20 heavy (non-hydrogen) atoms. The topological polar surface area (TPSA) is 6.48 Å². The van der Waals surface area contributed by atoms with Gasteiger partial charge in [0.05, 0.1) is 0 Å². The van der Waals surface area contributed by atoms with E-state index in [1.165, 1.54) is 50.3 Å². The van der Waals surface area contributed by atoms with Crippen molar-refractivity contribution in [2.45, 2.75) is 32.7 Å². The fourth-order valence-corrected chi connectivity index (χ4v) is 3.60. The minimum atomic E-state index is 0.573. The summed E-state index contributed by atoms with van der Waals surface area (Å²) < 4.78 is 0. The van der Waals surface area contributed by atoms with Gasteiger partial charge >= 0.3 is 0 Å². The third kappa shape index (κ3) is 2.49. The number of likely N-dealkylation sites (tertiary alicyclic amines) is 2. The van der Waals surface area contributed by atoms with Crippen LogP contribution in [-0.2, 0) is 0 Å². The van der Waals surface area contributed by atoms with Crippen LogP contribution in [0.5, 0.6) is 0 Å². The molecule has 0 aromatic heterocycles. The molecular formula is C18H26N2. The lowest BCUT2D eigenvalue weighted by Gasteiger charge is -2.56. The molecule has 2 aliphatic rings.